The lowest BCUT2D eigenvalue weighted by molar-refractivity contribution is 0.135. The summed E-state index contributed by atoms with van der Waals surface area (Å²) in [5.41, 5.74) is 0.412. The van der Waals surface area contributed by atoms with E-state index in [0.717, 1.165) is 37.6 Å². The summed E-state index contributed by atoms with van der Waals surface area (Å²) in [6.07, 6.45) is 9.24. The average molecular weight is 275 g/mol. The highest BCUT2D eigenvalue weighted by Gasteiger charge is 2.40. The van der Waals surface area contributed by atoms with E-state index in [1.165, 1.54) is 25.7 Å². The zero-order valence-corrected chi connectivity index (χ0v) is 12.3. The van der Waals surface area contributed by atoms with Gasteiger partial charge in [-0.05, 0) is 57.2 Å². The fourth-order valence-electron chi connectivity index (χ4n) is 3.29. The van der Waals surface area contributed by atoms with Crippen LogP contribution in [0.5, 0.6) is 5.75 Å². The van der Waals surface area contributed by atoms with E-state index in [4.69, 9.17) is 4.74 Å². The molecule has 2 N–H and O–H groups in total. The SMILES string of the molecule is CCCOc1cccnc1NC1CCNC2(CCC2)C1. The molecule has 0 radical (unpaired) electrons. The third-order valence-electron chi connectivity index (χ3n) is 4.51. The third kappa shape index (κ3) is 2.90. The summed E-state index contributed by atoms with van der Waals surface area (Å²) < 4.78 is 5.78. The van der Waals surface area contributed by atoms with Crippen LogP contribution in [-0.4, -0.2) is 29.7 Å². The Hall–Kier alpha value is -1.29. The Kier molecular flexibility index (Phi) is 4.10. The number of aromatic nitrogens is 1. The van der Waals surface area contributed by atoms with Crippen LogP contribution in [0.15, 0.2) is 18.3 Å². The second-order valence-electron chi connectivity index (χ2n) is 6.09. The van der Waals surface area contributed by atoms with Crippen molar-refractivity contribution in [3.8, 4) is 5.75 Å². The third-order valence-corrected chi connectivity index (χ3v) is 4.51. The molecule has 0 bridgehead atoms. The normalized spacial score (nSPS) is 24.1. The van der Waals surface area contributed by atoms with Crippen LogP contribution in [0.1, 0.15) is 45.4 Å². The van der Waals surface area contributed by atoms with Gasteiger partial charge in [-0.25, -0.2) is 4.98 Å². The lowest BCUT2D eigenvalue weighted by Gasteiger charge is -2.48. The average Bonchev–Trinajstić information content (AvgIpc) is 2.45. The van der Waals surface area contributed by atoms with E-state index in [1.54, 1.807) is 0 Å². The zero-order valence-electron chi connectivity index (χ0n) is 12.3. The molecule has 3 rings (SSSR count). The molecule has 1 saturated carbocycles. The number of ether oxygens (including phenoxy) is 1. The number of pyridine rings is 1. The molecule has 4 heteroatoms. The van der Waals surface area contributed by atoms with Crippen molar-refractivity contribution < 1.29 is 4.74 Å². The van der Waals surface area contributed by atoms with Crippen LogP contribution in [0.3, 0.4) is 0 Å². The van der Waals surface area contributed by atoms with E-state index in [1.807, 2.05) is 18.3 Å². The number of piperidine rings is 1. The van der Waals surface area contributed by atoms with Gasteiger partial charge >= 0.3 is 0 Å². The number of hydrogen-bond acceptors (Lipinski definition) is 4. The number of rotatable bonds is 5. The molecule has 2 aliphatic rings. The fourth-order valence-corrected chi connectivity index (χ4v) is 3.29. The van der Waals surface area contributed by atoms with Crippen molar-refractivity contribution in [2.24, 2.45) is 0 Å². The van der Waals surface area contributed by atoms with Gasteiger partial charge in [0.25, 0.3) is 0 Å². The molecular formula is C16H25N3O. The molecule has 2 heterocycles. The first-order chi connectivity index (χ1) is 9.81. The van der Waals surface area contributed by atoms with Gasteiger partial charge in [0, 0.05) is 17.8 Å². The maximum absolute atomic E-state index is 5.78. The first-order valence-electron chi connectivity index (χ1n) is 7.91. The Morgan fingerprint density at radius 2 is 2.40 bits per heavy atom. The summed E-state index contributed by atoms with van der Waals surface area (Å²) in [6.45, 7) is 3.98. The summed E-state index contributed by atoms with van der Waals surface area (Å²) in [5, 5.41) is 7.31. The van der Waals surface area contributed by atoms with Crippen LogP contribution in [0.2, 0.25) is 0 Å². The quantitative estimate of drug-likeness (QED) is 0.867. The number of anilines is 1. The molecule has 0 amide bonds. The first kappa shape index (κ1) is 13.7. The van der Waals surface area contributed by atoms with E-state index < -0.39 is 0 Å². The minimum absolute atomic E-state index is 0.412. The van der Waals surface area contributed by atoms with Gasteiger partial charge in [0.15, 0.2) is 11.6 Å². The van der Waals surface area contributed by atoms with Crippen LogP contribution in [-0.2, 0) is 0 Å². The molecule has 1 aromatic rings. The van der Waals surface area contributed by atoms with Crippen LogP contribution < -0.4 is 15.4 Å². The van der Waals surface area contributed by atoms with E-state index in [2.05, 4.69) is 22.5 Å². The molecule has 2 fully saturated rings. The highest BCUT2D eigenvalue weighted by atomic mass is 16.5. The van der Waals surface area contributed by atoms with E-state index in [9.17, 15) is 0 Å². The predicted octanol–water partition coefficient (Wildman–Crippen LogP) is 2.96. The van der Waals surface area contributed by atoms with Crippen molar-refractivity contribution in [2.75, 3.05) is 18.5 Å². The fraction of sp³-hybridized carbons (Fsp3) is 0.688. The Balaban J connectivity index is 1.64. The molecule has 1 aliphatic carbocycles. The summed E-state index contributed by atoms with van der Waals surface area (Å²) in [5.74, 6) is 1.79. The highest BCUT2D eigenvalue weighted by molar-refractivity contribution is 5.50. The summed E-state index contributed by atoms with van der Waals surface area (Å²) in [4.78, 5) is 4.46. The Morgan fingerprint density at radius 3 is 3.15 bits per heavy atom. The molecule has 0 aromatic carbocycles. The molecular weight excluding hydrogens is 250 g/mol. The van der Waals surface area contributed by atoms with Crippen molar-refractivity contribution in [2.45, 2.75) is 57.0 Å². The van der Waals surface area contributed by atoms with Gasteiger partial charge in [-0.1, -0.05) is 6.92 Å². The van der Waals surface area contributed by atoms with Crippen LogP contribution in [0, 0.1) is 0 Å². The molecule has 110 valence electrons. The van der Waals surface area contributed by atoms with Crippen LogP contribution in [0.25, 0.3) is 0 Å². The molecule has 1 spiro atoms. The smallest absolute Gasteiger partial charge is 0.168 e. The van der Waals surface area contributed by atoms with Gasteiger partial charge in [0.05, 0.1) is 6.61 Å². The van der Waals surface area contributed by atoms with Crippen molar-refractivity contribution in [1.29, 1.82) is 0 Å². The van der Waals surface area contributed by atoms with Gasteiger partial charge < -0.3 is 15.4 Å². The lowest BCUT2D eigenvalue weighted by atomic mass is 9.70. The minimum Gasteiger partial charge on any atom is -0.490 e. The molecule has 1 aliphatic heterocycles. The number of nitrogens with zero attached hydrogens (tertiary/aromatic N) is 1. The van der Waals surface area contributed by atoms with E-state index >= 15 is 0 Å². The molecule has 1 unspecified atom stereocenters. The molecule has 1 atom stereocenters. The van der Waals surface area contributed by atoms with Crippen molar-refractivity contribution in [1.82, 2.24) is 10.3 Å². The maximum Gasteiger partial charge on any atom is 0.168 e. The van der Waals surface area contributed by atoms with Crippen LogP contribution >= 0.6 is 0 Å². The first-order valence-corrected chi connectivity index (χ1v) is 7.91. The largest absolute Gasteiger partial charge is 0.490 e. The number of nitrogens with one attached hydrogen (secondary N) is 2. The lowest BCUT2D eigenvalue weighted by Crippen LogP contribution is -2.58. The Bertz CT molecular complexity index is 445. The van der Waals surface area contributed by atoms with Crippen molar-refractivity contribution in [3.05, 3.63) is 18.3 Å². The van der Waals surface area contributed by atoms with E-state index in [-0.39, 0.29) is 0 Å². The van der Waals surface area contributed by atoms with Gasteiger partial charge in [0.1, 0.15) is 0 Å². The molecule has 4 nitrogen and oxygen atoms in total. The maximum atomic E-state index is 5.78. The summed E-state index contributed by atoms with van der Waals surface area (Å²) in [7, 11) is 0. The standard InChI is InChI=1S/C16H25N3O/c1-2-11-20-14-5-3-9-17-15(14)19-13-6-10-18-16(12-13)7-4-8-16/h3,5,9,13,18H,2,4,6-8,10-12H2,1H3,(H,17,19). The second-order valence-corrected chi connectivity index (χ2v) is 6.09. The van der Waals surface area contributed by atoms with Crippen molar-refractivity contribution >= 4 is 5.82 Å². The second kappa shape index (κ2) is 6.00. The van der Waals surface area contributed by atoms with E-state index in [0.29, 0.717) is 11.6 Å². The molecule has 20 heavy (non-hydrogen) atoms. The van der Waals surface area contributed by atoms with Crippen LogP contribution in [0.4, 0.5) is 5.82 Å². The summed E-state index contributed by atoms with van der Waals surface area (Å²) >= 11 is 0. The predicted molar refractivity (Wildman–Crippen MR) is 81.3 cm³/mol. The number of hydrogen-bond donors (Lipinski definition) is 2. The van der Waals surface area contributed by atoms with Gasteiger partial charge in [-0.3, -0.25) is 0 Å². The van der Waals surface area contributed by atoms with Gasteiger partial charge in [0.2, 0.25) is 0 Å². The topological polar surface area (TPSA) is 46.2 Å². The molecule has 1 aromatic heterocycles. The molecule has 1 saturated heterocycles. The Morgan fingerprint density at radius 1 is 1.50 bits per heavy atom. The van der Waals surface area contributed by atoms with Gasteiger partial charge in [-0.2, -0.15) is 0 Å². The van der Waals surface area contributed by atoms with Crippen molar-refractivity contribution in [3.63, 3.8) is 0 Å². The zero-order chi connectivity index (χ0) is 13.8. The Labute approximate surface area is 121 Å². The summed E-state index contributed by atoms with van der Waals surface area (Å²) in [6, 6.07) is 4.45. The van der Waals surface area contributed by atoms with Gasteiger partial charge in [-0.15, -0.1) is 0 Å². The highest BCUT2D eigenvalue weighted by Crippen LogP contribution is 2.39. The minimum atomic E-state index is 0.412. The monoisotopic (exact) mass is 275 g/mol.